The zero-order chi connectivity index (χ0) is 25.1. The first-order chi connectivity index (χ1) is 16.7. The average molecular weight is 480 g/mol. The second-order valence-electron chi connectivity index (χ2n) is 7.90. The van der Waals surface area contributed by atoms with Gasteiger partial charge >= 0.3 is 18.2 Å². The van der Waals surface area contributed by atoms with Crippen molar-refractivity contribution in [3.05, 3.63) is 65.9 Å². The topological polar surface area (TPSA) is 120 Å². The average Bonchev–Trinajstić information content (AvgIpc) is 2.84. The molecule has 0 unspecified atom stereocenters. The van der Waals surface area contributed by atoms with Crippen LogP contribution < -0.4 is 9.80 Å². The lowest BCUT2D eigenvalue weighted by Gasteiger charge is -2.33. The van der Waals surface area contributed by atoms with Gasteiger partial charge in [-0.05, 0) is 23.8 Å². The van der Waals surface area contributed by atoms with Crippen LogP contribution in [0.25, 0.3) is 10.9 Å². The molecule has 10 nitrogen and oxygen atoms in total. The molecule has 1 fully saturated rings. The summed E-state index contributed by atoms with van der Waals surface area (Å²) >= 11 is 0. The number of hydrogen-bond donors (Lipinski definition) is 1. The van der Waals surface area contributed by atoms with E-state index in [9.17, 15) is 28.7 Å². The van der Waals surface area contributed by atoms with Crippen LogP contribution in [0.2, 0.25) is 0 Å². The van der Waals surface area contributed by atoms with Crippen molar-refractivity contribution in [2.45, 2.75) is 6.61 Å². The number of nitrogens with zero attached hydrogens (tertiary/aromatic N) is 4. The van der Waals surface area contributed by atoms with E-state index in [0.29, 0.717) is 29.7 Å². The van der Waals surface area contributed by atoms with Crippen molar-refractivity contribution in [1.29, 1.82) is 0 Å². The number of carbonyl (C=O) groups excluding carboxylic acids is 3. The first-order valence-corrected chi connectivity index (χ1v) is 10.6. The molecule has 3 aromatic rings. The monoisotopic (exact) mass is 480 g/mol. The van der Waals surface area contributed by atoms with E-state index in [4.69, 9.17) is 4.74 Å². The number of anilines is 2. The number of ether oxygens (including phenoxy) is 1. The molecule has 35 heavy (non-hydrogen) atoms. The number of aromatic carboxylic acids is 1. The van der Waals surface area contributed by atoms with Crippen LogP contribution >= 0.6 is 0 Å². The van der Waals surface area contributed by atoms with Crippen molar-refractivity contribution in [3.8, 4) is 0 Å². The van der Waals surface area contributed by atoms with Crippen molar-refractivity contribution in [2.75, 3.05) is 36.5 Å². The number of hydrogen-bond acceptors (Lipinski definition) is 7. The van der Waals surface area contributed by atoms with Gasteiger partial charge in [0.25, 0.3) is 0 Å². The Morgan fingerprint density at radius 2 is 1.86 bits per heavy atom. The standard InChI is InChI=1S/C24H21FN4O6/c1-27-9-10-28(13-20(27)30)17-8-7-16-11-19(21(22(31)32)26-18(16)12-17)29(23(25)33)24(34)35-14-15-5-3-2-4-6-15/h2-8,11-12H,9-10,13-14H2,1H3,(H,31,32). The van der Waals surface area contributed by atoms with Gasteiger partial charge in [-0.1, -0.05) is 36.4 Å². The number of carbonyl (C=O) groups is 4. The third-order valence-electron chi connectivity index (χ3n) is 5.61. The van der Waals surface area contributed by atoms with Crippen LogP contribution in [-0.2, 0) is 16.1 Å². The molecule has 2 aromatic carbocycles. The Morgan fingerprint density at radius 3 is 2.51 bits per heavy atom. The number of fused-ring (bicyclic) bond motifs is 1. The van der Waals surface area contributed by atoms with Gasteiger partial charge in [0.2, 0.25) is 5.91 Å². The van der Waals surface area contributed by atoms with Crippen LogP contribution in [0.3, 0.4) is 0 Å². The molecule has 0 saturated carbocycles. The van der Waals surface area contributed by atoms with Gasteiger partial charge in [0.1, 0.15) is 6.61 Å². The summed E-state index contributed by atoms with van der Waals surface area (Å²) in [5.41, 5.74) is 0.220. The van der Waals surface area contributed by atoms with Gasteiger partial charge in [-0.15, -0.1) is 4.39 Å². The van der Waals surface area contributed by atoms with Gasteiger partial charge in [0, 0.05) is 31.2 Å². The first-order valence-electron chi connectivity index (χ1n) is 10.6. The summed E-state index contributed by atoms with van der Waals surface area (Å²) < 4.78 is 19.0. The molecular weight excluding hydrogens is 459 g/mol. The molecule has 1 N–H and O–H groups in total. The quantitative estimate of drug-likeness (QED) is 0.436. The molecule has 4 rings (SSSR count). The van der Waals surface area contributed by atoms with Crippen molar-refractivity contribution in [1.82, 2.24) is 9.88 Å². The van der Waals surface area contributed by atoms with E-state index in [1.54, 1.807) is 60.5 Å². The van der Waals surface area contributed by atoms with Gasteiger partial charge in [-0.3, -0.25) is 4.79 Å². The van der Waals surface area contributed by atoms with E-state index in [1.165, 1.54) is 6.07 Å². The maximum Gasteiger partial charge on any atom is 0.423 e. The van der Waals surface area contributed by atoms with E-state index in [2.05, 4.69) is 4.98 Å². The summed E-state index contributed by atoms with van der Waals surface area (Å²) in [6.07, 6.45) is -3.59. The highest BCUT2D eigenvalue weighted by atomic mass is 19.1. The first kappa shape index (κ1) is 23.6. The number of pyridine rings is 1. The zero-order valence-corrected chi connectivity index (χ0v) is 18.7. The van der Waals surface area contributed by atoms with Crippen LogP contribution in [0, 0.1) is 0 Å². The van der Waals surface area contributed by atoms with Gasteiger partial charge in [0.05, 0.1) is 17.7 Å². The minimum atomic E-state index is -2.21. The maximum atomic E-state index is 14.0. The molecule has 0 spiro atoms. The Bertz CT molecular complexity index is 1320. The van der Waals surface area contributed by atoms with Crippen molar-refractivity contribution in [2.24, 2.45) is 0 Å². The largest absolute Gasteiger partial charge is 0.476 e. The molecule has 0 atom stereocenters. The molecule has 180 valence electrons. The molecule has 1 saturated heterocycles. The van der Waals surface area contributed by atoms with Crippen LogP contribution in [0.1, 0.15) is 16.1 Å². The normalized spacial score (nSPS) is 13.6. The smallest absolute Gasteiger partial charge is 0.423 e. The van der Waals surface area contributed by atoms with Crippen LogP contribution in [0.5, 0.6) is 0 Å². The summed E-state index contributed by atoms with van der Waals surface area (Å²) in [5, 5.41) is 10.0. The van der Waals surface area contributed by atoms with Crippen molar-refractivity contribution in [3.63, 3.8) is 0 Å². The summed E-state index contributed by atoms with van der Waals surface area (Å²) in [7, 11) is 1.71. The molecule has 11 heteroatoms. The third kappa shape index (κ3) is 5.03. The number of carboxylic acids is 1. The molecule has 3 amide bonds. The zero-order valence-electron chi connectivity index (χ0n) is 18.7. The van der Waals surface area contributed by atoms with Crippen LogP contribution in [0.4, 0.5) is 25.4 Å². The highest BCUT2D eigenvalue weighted by Gasteiger charge is 2.31. The number of imide groups is 1. The number of carboxylic acid groups (broad SMARTS) is 1. The van der Waals surface area contributed by atoms with E-state index < -0.39 is 29.6 Å². The van der Waals surface area contributed by atoms with Crippen molar-refractivity contribution >= 4 is 46.4 Å². The Balaban J connectivity index is 1.67. The minimum Gasteiger partial charge on any atom is -0.476 e. The number of rotatable bonds is 5. The number of amides is 3. The van der Waals surface area contributed by atoms with Gasteiger partial charge < -0.3 is 19.6 Å². The number of likely N-dealkylation sites (N-methyl/N-ethyl adjacent to an activating group) is 1. The Hall–Kier alpha value is -4.54. The highest BCUT2D eigenvalue weighted by Crippen LogP contribution is 2.29. The van der Waals surface area contributed by atoms with E-state index >= 15 is 0 Å². The number of aromatic nitrogens is 1. The molecule has 1 aliphatic heterocycles. The molecule has 1 aromatic heterocycles. The summed E-state index contributed by atoms with van der Waals surface area (Å²) in [4.78, 5) is 55.8. The molecule has 0 aliphatic carbocycles. The lowest BCUT2D eigenvalue weighted by Crippen LogP contribution is -2.48. The number of benzene rings is 2. The summed E-state index contributed by atoms with van der Waals surface area (Å²) in [5.74, 6) is -1.62. The summed E-state index contributed by atoms with van der Waals surface area (Å²) in [6, 6.07) is 14.6. The van der Waals surface area contributed by atoms with Gasteiger partial charge in [-0.2, -0.15) is 4.90 Å². The fraction of sp³-hybridized carbons (Fsp3) is 0.208. The van der Waals surface area contributed by atoms with E-state index in [1.807, 2.05) is 4.90 Å². The van der Waals surface area contributed by atoms with E-state index in [-0.39, 0.29) is 29.5 Å². The maximum absolute atomic E-state index is 14.0. The molecule has 0 radical (unpaired) electrons. The fourth-order valence-electron chi connectivity index (χ4n) is 3.70. The third-order valence-corrected chi connectivity index (χ3v) is 5.61. The number of piperazine rings is 1. The predicted octanol–water partition coefficient (Wildman–Crippen LogP) is 3.44. The predicted molar refractivity (Wildman–Crippen MR) is 124 cm³/mol. The second-order valence-corrected chi connectivity index (χ2v) is 7.90. The van der Waals surface area contributed by atoms with E-state index in [0.717, 1.165) is 0 Å². The Morgan fingerprint density at radius 1 is 1.11 bits per heavy atom. The Labute approximate surface area is 199 Å². The van der Waals surface area contributed by atoms with Crippen LogP contribution in [0.15, 0.2) is 54.6 Å². The van der Waals surface area contributed by atoms with Gasteiger partial charge in [0.15, 0.2) is 5.69 Å². The minimum absolute atomic E-state index is 0.00584. The molecular formula is C24H21FN4O6. The second kappa shape index (κ2) is 9.75. The lowest BCUT2D eigenvalue weighted by molar-refractivity contribution is -0.129. The SMILES string of the molecule is CN1CCN(c2ccc3cc(N(C(=O)F)C(=O)OCc4ccccc4)c(C(=O)O)nc3c2)CC1=O. The van der Waals surface area contributed by atoms with Gasteiger partial charge in [-0.25, -0.2) is 19.4 Å². The van der Waals surface area contributed by atoms with Crippen molar-refractivity contribution < 1.29 is 33.4 Å². The molecule has 0 bridgehead atoms. The summed E-state index contributed by atoms with van der Waals surface area (Å²) in [6.45, 7) is 1.01. The Kier molecular flexibility index (Phi) is 6.58. The fourth-order valence-corrected chi connectivity index (χ4v) is 3.70. The molecule has 1 aliphatic rings. The number of halogens is 1. The molecule has 2 heterocycles. The van der Waals surface area contributed by atoms with Crippen LogP contribution in [-0.4, -0.2) is 65.8 Å². The lowest BCUT2D eigenvalue weighted by atomic mass is 10.1. The highest BCUT2D eigenvalue weighted by molar-refractivity contribution is 6.13.